The zero-order valence-corrected chi connectivity index (χ0v) is 11.3. The van der Waals surface area contributed by atoms with Gasteiger partial charge in [-0.15, -0.1) is 0 Å². The van der Waals surface area contributed by atoms with Crippen LogP contribution in [0.5, 0.6) is 5.75 Å². The fraction of sp³-hybridized carbons (Fsp3) is 0.143. The lowest BCUT2D eigenvalue weighted by Gasteiger charge is -2.11. The van der Waals surface area contributed by atoms with Gasteiger partial charge in [-0.05, 0) is 12.1 Å². The monoisotopic (exact) mass is 301 g/mol. The third-order valence-electron chi connectivity index (χ3n) is 2.72. The molecule has 0 aliphatic carbocycles. The van der Waals surface area contributed by atoms with Gasteiger partial charge in [0.1, 0.15) is 17.4 Å². The van der Waals surface area contributed by atoms with Gasteiger partial charge in [0.2, 0.25) is 0 Å². The Labute approximate surface area is 119 Å². The summed E-state index contributed by atoms with van der Waals surface area (Å²) in [5, 5.41) is 2.55. The first kappa shape index (κ1) is 14.5. The molecule has 0 saturated heterocycles. The highest BCUT2D eigenvalue weighted by Gasteiger charge is 2.11. The first-order valence-electron chi connectivity index (χ1n) is 5.72. The highest BCUT2D eigenvalue weighted by molar-refractivity contribution is 6.33. The number of hydrogen-bond donors (Lipinski definition) is 1. The van der Waals surface area contributed by atoms with Gasteiger partial charge in [0.15, 0.2) is 5.82 Å². The van der Waals surface area contributed by atoms with Gasteiger partial charge < -0.3 is 10.1 Å². The van der Waals surface area contributed by atoms with Crippen molar-refractivity contribution in [2.75, 3.05) is 12.4 Å². The average Bonchev–Trinajstić information content (AvgIpc) is 2.39. The van der Waals surface area contributed by atoms with E-state index in [-0.39, 0.29) is 17.3 Å². The fourth-order valence-electron chi connectivity index (χ4n) is 1.69. The molecule has 0 atom stereocenters. The zero-order chi connectivity index (χ0) is 14.7. The summed E-state index contributed by atoms with van der Waals surface area (Å²) < 4.78 is 45.0. The quantitative estimate of drug-likeness (QED) is 0.905. The van der Waals surface area contributed by atoms with Gasteiger partial charge in [0.25, 0.3) is 0 Å². The Morgan fingerprint density at radius 2 is 1.85 bits per heavy atom. The van der Waals surface area contributed by atoms with E-state index < -0.39 is 17.5 Å². The van der Waals surface area contributed by atoms with E-state index >= 15 is 0 Å². The molecule has 2 nitrogen and oxygen atoms in total. The summed E-state index contributed by atoms with van der Waals surface area (Å²) in [5.41, 5.74) is 0.244. The Morgan fingerprint density at radius 1 is 1.10 bits per heavy atom. The molecule has 2 aromatic carbocycles. The first-order valence-corrected chi connectivity index (χ1v) is 6.10. The molecule has 0 heterocycles. The number of rotatable bonds is 4. The molecule has 106 valence electrons. The second-order valence-electron chi connectivity index (χ2n) is 4.06. The molecule has 1 N–H and O–H groups in total. The fourth-order valence-corrected chi connectivity index (χ4v) is 1.95. The summed E-state index contributed by atoms with van der Waals surface area (Å²) in [6, 6.07) is 6.01. The Bertz CT molecular complexity index is 611. The molecule has 2 rings (SSSR count). The van der Waals surface area contributed by atoms with Crippen molar-refractivity contribution in [3.05, 3.63) is 58.4 Å². The van der Waals surface area contributed by atoms with Crippen molar-refractivity contribution in [2.45, 2.75) is 6.54 Å². The standard InChI is InChI=1S/C14H11ClF3NO/c1-20-10-3-2-8(12(17)6-10)7-19-14-11(15)4-9(16)5-13(14)18/h2-6,19H,7H2,1H3. The molecule has 0 aliphatic heterocycles. The van der Waals surface area contributed by atoms with Crippen LogP contribution in [0.15, 0.2) is 30.3 Å². The summed E-state index contributed by atoms with van der Waals surface area (Å²) in [6.07, 6.45) is 0. The Balaban J connectivity index is 2.17. The molecule has 0 amide bonds. The Hall–Kier alpha value is -1.88. The largest absolute Gasteiger partial charge is 0.497 e. The maximum Gasteiger partial charge on any atom is 0.150 e. The summed E-state index contributed by atoms with van der Waals surface area (Å²) in [5.74, 6) is -1.70. The van der Waals surface area contributed by atoms with E-state index in [4.69, 9.17) is 16.3 Å². The van der Waals surface area contributed by atoms with Crippen molar-refractivity contribution in [3.8, 4) is 5.75 Å². The molecular weight excluding hydrogens is 291 g/mol. The smallest absolute Gasteiger partial charge is 0.150 e. The predicted molar refractivity (Wildman–Crippen MR) is 71.6 cm³/mol. The van der Waals surface area contributed by atoms with Crippen LogP contribution in [0.3, 0.4) is 0 Å². The number of benzene rings is 2. The van der Waals surface area contributed by atoms with Gasteiger partial charge in [-0.25, -0.2) is 13.2 Å². The minimum atomic E-state index is -0.830. The van der Waals surface area contributed by atoms with E-state index in [1.165, 1.54) is 19.2 Å². The van der Waals surface area contributed by atoms with Crippen LogP contribution in [0.25, 0.3) is 0 Å². The molecule has 0 bridgehead atoms. The van der Waals surface area contributed by atoms with Crippen LogP contribution in [0.2, 0.25) is 5.02 Å². The lowest BCUT2D eigenvalue weighted by atomic mass is 10.2. The molecule has 0 fully saturated rings. The van der Waals surface area contributed by atoms with Gasteiger partial charge in [-0.3, -0.25) is 0 Å². The number of methoxy groups -OCH3 is 1. The number of halogens is 4. The van der Waals surface area contributed by atoms with Crippen LogP contribution in [-0.4, -0.2) is 7.11 Å². The molecule has 0 aromatic heterocycles. The van der Waals surface area contributed by atoms with Gasteiger partial charge in [0, 0.05) is 24.2 Å². The molecule has 6 heteroatoms. The predicted octanol–water partition coefficient (Wildman–Crippen LogP) is 4.38. The van der Waals surface area contributed by atoms with E-state index in [9.17, 15) is 13.2 Å². The molecule has 0 unspecified atom stereocenters. The van der Waals surface area contributed by atoms with E-state index in [0.29, 0.717) is 17.4 Å². The molecule has 0 spiro atoms. The summed E-state index contributed by atoms with van der Waals surface area (Å²) >= 11 is 5.73. The topological polar surface area (TPSA) is 21.3 Å². The van der Waals surface area contributed by atoms with Gasteiger partial charge in [0.05, 0.1) is 17.8 Å². The third-order valence-corrected chi connectivity index (χ3v) is 3.02. The van der Waals surface area contributed by atoms with Gasteiger partial charge in [-0.1, -0.05) is 17.7 Å². The van der Waals surface area contributed by atoms with Crippen molar-refractivity contribution in [1.29, 1.82) is 0 Å². The normalized spacial score (nSPS) is 10.4. The molecule has 0 radical (unpaired) electrons. The molecule has 0 saturated carbocycles. The van der Waals surface area contributed by atoms with Crippen molar-refractivity contribution in [3.63, 3.8) is 0 Å². The van der Waals surface area contributed by atoms with Crippen molar-refractivity contribution >= 4 is 17.3 Å². The molecule has 2 aromatic rings. The van der Waals surface area contributed by atoms with E-state index in [0.717, 1.165) is 6.07 Å². The average molecular weight is 302 g/mol. The maximum absolute atomic E-state index is 13.7. The highest BCUT2D eigenvalue weighted by Crippen LogP contribution is 2.27. The minimum absolute atomic E-state index is 0.0120. The second kappa shape index (κ2) is 6.05. The SMILES string of the molecule is COc1ccc(CNc2c(F)cc(F)cc2Cl)c(F)c1. The lowest BCUT2D eigenvalue weighted by Crippen LogP contribution is -2.04. The second-order valence-corrected chi connectivity index (χ2v) is 4.46. The van der Waals surface area contributed by atoms with Crippen LogP contribution in [-0.2, 0) is 6.54 Å². The first-order chi connectivity index (χ1) is 9.51. The summed E-state index contributed by atoms with van der Waals surface area (Å²) in [4.78, 5) is 0. The van der Waals surface area contributed by atoms with Gasteiger partial charge >= 0.3 is 0 Å². The van der Waals surface area contributed by atoms with Crippen LogP contribution in [0.4, 0.5) is 18.9 Å². The van der Waals surface area contributed by atoms with Crippen molar-refractivity contribution in [2.24, 2.45) is 0 Å². The Kier molecular flexibility index (Phi) is 4.39. The summed E-state index contributed by atoms with van der Waals surface area (Å²) in [6.45, 7) is 0.0120. The van der Waals surface area contributed by atoms with Gasteiger partial charge in [-0.2, -0.15) is 0 Å². The highest BCUT2D eigenvalue weighted by atomic mass is 35.5. The minimum Gasteiger partial charge on any atom is -0.497 e. The number of nitrogens with one attached hydrogen (secondary N) is 1. The number of anilines is 1. The van der Waals surface area contributed by atoms with Crippen LogP contribution < -0.4 is 10.1 Å². The number of hydrogen-bond acceptors (Lipinski definition) is 2. The van der Waals surface area contributed by atoms with E-state index in [1.54, 1.807) is 6.07 Å². The van der Waals surface area contributed by atoms with Crippen LogP contribution in [0.1, 0.15) is 5.56 Å². The molecule has 20 heavy (non-hydrogen) atoms. The van der Waals surface area contributed by atoms with Crippen molar-refractivity contribution < 1.29 is 17.9 Å². The van der Waals surface area contributed by atoms with Crippen LogP contribution in [0, 0.1) is 17.5 Å². The maximum atomic E-state index is 13.7. The lowest BCUT2D eigenvalue weighted by molar-refractivity contribution is 0.411. The zero-order valence-electron chi connectivity index (χ0n) is 10.5. The van der Waals surface area contributed by atoms with E-state index in [2.05, 4.69) is 5.32 Å². The molecular formula is C14H11ClF3NO. The molecule has 0 aliphatic rings. The van der Waals surface area contributed by atoms with Crippen LogP contribution >= 0.6 is 11.6 Å². The van der Waals surface area contributed by atoms with Crippen molar-refractivity contribution in [1.82, 2.24) is 0 Å². The third kappa shape index (κ3) is 3.17. The summed E-state index contributed by atoms with van der Waals surface area (Å²) in [7, 11) is 1.43. The van der Waals surface area contributed by atoms with E-state index in [1.807, 2.05) is 0 Å². The number of ether oxygens (including phenoxy) is 1. The Morgan fingerprint density at radius 3 is 2.45 bits per heavy atom.